The lowest BCUT2D eigenvalue weighted by molar-refractivity contribution is -0.130. The highest BCUT2D eigenvalue weighted by Gasteiger charge is 2.40. The molecule has 6 heteroatoms. The third-order valence-electron chi connectivity index (χ3n) is 6.68. The minimum absolute atomic E-state index is 0.215. The molecule has 2 N–H and O–H groups in total. The molecule has 3 aromatic rings. The van der Waals surface area contributed by atoms with E-state index in [2.05, 4.69) is 34.1 Å². The van der Waals surface area contributed by atoms with Crippen LogP contribution in [0.15, 0.2) is 67.0 Å². The molecule has 33 heavy (non-hydrogen) atoms. The normalized spacial score (nSPS) is 15.7. The van der Waals surface area contributed by atoms with Crippen molar-refractivity contribution in [2.75, 3.05) is 27.3 Å². The number of hydrogen-bond acceptors (Lipinski definition) is 5. The highest BCUT2D eigenvalue weighted by Crippen LogP contribution is 2.38. The number of carbonyl (C=O) groups excluding carboxylic acids is 1. The molecule has 2 heterocycles. The van der Waals surface area contributed by atoms with E-state index < -0.39 is 5.41 Å². The van der Waals surface area contributed by atoms with Gasteiger partial charge in [0, 0.05) is 24.5 Å². The monoisotopic (exact) mass is 445 g/mol. The van der Waals surface area contributed by atoms with Gasteiger partial charge in [0.2, 0.25) is 5.91 Å². The summed E-state index contributed by atoms with van der Waals surface area (Å²) in [5, 5.41) is 0. The summed E-state index contributed by atoms with van der Waals surface area (Å²) in [5.41, 5.74) is 9.80. The zero-order valence-electron chi connectivity index (χ0n) is 19.3. The maximum atomic E-state index is 12.6. The summed E-state index contributed by atoms with van der Waals surface area (Å²) in [7, 11) is 3.31. The standard InChI is InChI=1S/C27H31N3O3/c1-32-24-10-4-8-23(25(24)33-2)19-30-14-11-27(12-15-30,26(28)31)17-20-6-3-7-21(16-20)22-9-5-13-29-18-22/h3-10,13,16,18H,11-12,14-15,17,19H2,1-2H3,(H2,28,31). The number of amides is 1. The SMILES string of the molecule is COc1cccc(CN2CCC(Cc3cccc(-c4cccnc4)c3)(C(N)=O)CC2)c1OC. The maximum Gasteiger partial charge on any atom is 0.224 e. The van der Waals surface area contributed by atoms with Gasteiger partial charge in [-0.2, -0.15) is 0 Å². The molecule has 1 aromatic heterocycles. The maximum absolute atomic E-state index is 12.6. The van der Waals surface area contributed by atoms with Crippen LogP contribution >= 0.6 is 0 Å². The predicted molar refractivity (Wildman–Crippen MR) is 129 cm³/mol. The van der Waals surface area contributed by atoms with Gasteiger partial charge in [-0.15, -0.1) is 0 Å². The Kier molecular flexibility index (Phi) is 6.94. The second kappa shape index (κ2) is 10.0. The molecule has 0 atom stereocenters. The average molecular weight is 446 g/mol. The van der Waals surface area contributed by atoms with E-state index in [1.54, 1.807) is 20.4 Å². The molecule has 0 radical (unpaired) electrons. The Hall–Kier alpha value is -3.38. The number of aromatic nitrogens is 1. The fourth-order valence-electron chi connectivity index (χ4n) is 4.75. The van der Waals surface area contributed by atoms with Gasteiger partial charge in [-0.3, -0.25) is 14.7 Å². The second-order valence-electron chi connectivity index (χ2n) is 8.69. The van der Waals surface area contributed by atoms with Crippen LogP contribution in [0.3, 0.4) is 0 Å². The molecule has 1 aliphatic heterocycles. The van der Waals surface area contributed by atoms with Gasteiger partial charge >= 0.3 is 0 Å². The van der Waals surface area contributed by atoms with Crippen molar-refractivity contribution >= 4 is 5.91 Å². The van der Waals surface area contributed by atoms with E-state index in [4.69, 9.17) is 15.2 Å². The number of nitrogens with two attached hydrogens (primary N) is 1. The third-order valence-corrected chi connectivity index (χ3v) is 6.68. The van der Waals surface area contributed by atoms with E-state index in [0.29, 0.717) is 6.42 Å². The smallest absolute Gasteiger partial charge is 0.224 e. The van der Waals surface area contributed by atoms with Gasteiger partial charge in [0.15, 0.2) is 11.5 Å². The van der Waals surface area contributed by atoms with Crippen LogP contribution in [0.2, 0.25) is 0 Å². The first-order valence-corrected chi connectivity index (χ1v) is 11.3. The molecule has 0 spiro atoms. The zero-order chi connectivity index (χ0) is 23.3. The van der Waals surface area contributed by atoms with Crippen molar-refractivity contribution in [3.8, 4) is 22.6 Å². The van der Waals surface area contributed by atoms with Gasteiger partial charge < -0.3 is 15.2 Å². The van der Waals surface area contributed by atoms with Crippen LogP contribution in [0.1, 0.15) is 24.0 Å². The molecule has 0 unspecified atom stereocenters. The van der Waals surface area contributed by atoms with Crippen LogP contribution in [0.4, 0.5) is 0 Å². The van der Waals surface area contributed by atoms with Crippen LogP contribution in [0, 0.1) is 5.41 Å². The quantitative estimate of drug-likeness (QED) is 0.565. The highest BCUT2D eigenvalue weighted by molar-refractivity contribution is 5.81. The van der Waals surface area contributed by atoms with Crippen LogP contribution in [-0.4, -0.2) is 43.1 Å². The summed E-state index contributed by atoms with van der Waals surface area (Å²) in [6.45, 7) is 2.34. The molecule has 172 valence electrons. The lowest BCUT2D eigenvalue weighted by atomic mass is 9.73. The molecule has 1 fully saturated rings. The van der Waals surface area contributed by atoms with Gasteiger partial charge in [0.1, 0.15) is 0 Å². The molecule has 0 bridgehead atoms. The number of hydrogen-bond donors (Lipinski definition) is 1. The van der Waals surface area contributed by atoms with Crippen LogP contribution in [0.5, 0.6) is 11.5 Å². The average Bonchev–Trinajstić information content (AvgIpc) is 2.85. The number of likely N-dealkylation sites (tertiary alicyclic amines) is 1. The molecule has 0 aliphatic carbocycles. The zero-order valence-corrected chi connectivity index (χ0v) is 19.3. The number of nitrogens with zero attached hydrogens (tertiary/aromatic N) is 2. The van der Waals surface area contributed by atoms with E-state index >= 15 is 0 Å². The molecule has 1 aliphatic rings. The van der Waals surface area contributed by atoms with Gasteiger partial charge in [-0.1, -0.05) is 42.5 Å². The Balaban J connectivity index is 1.47. The summed E-state index contributed by atoms with van der Waals surface area (Å²) in [5.74, 6) is 1.28. The summed E-state index contributed by atoms with van der Waals surface area (Å²) >= 11 is 0. The van der Waals surface area contributed by atoms with Crippen molar-refractivity contribution in [3.05, 3.63) is 78.1 Å². The van der Waals surface area contributed by atoms with E-state index in [1.165, 1.54) is 0 Å². The van der Waals surface area contributed by atoms with Crippen molar-refractivity contribution < 1.29 is 14.3 Å². The topological polar surface area (TPSA) is 77.7 Å². The van der Waals surface area contributed by atoms with Crippen LogP contribution in [0.25, 0.3) is 11.1 Å². The molecule has 4 rings (SSSR count). The van der Waals surface area contributed by atoms with Gasteiger partial charge in [-0.05, 0) is 61.2 Å². The van der Waals surface area contributed by atoms with Crippen molar-refractivity contribution in [3.63, 3.8) is 0 Å². The Morgan fingerprint density at radius 3 is 2.45 bits per heavy atom. The second-order valence-corrected chi connectivity index (χ2v) is 8.69. The molecule has 0 saturated carbocycles. The molecule has 1 saturated heterocycles. The molecule has 1 amide bonds. The highest BCUT2D eigenvalue weighted by atomic mass is 16.5. The number of ether oxygens (including phenoxy) is 2. The predicted octanol–water partition coefficient (Wildman–Crippen LogP) is 4.08. The number of para-hydroxylation sites is 1. The van der Waals surface area contributed by atoms with E-state index in [9.17, 15) is 4.79 Å². The molecular weight excluding hydrogens is 414 g/mol. The van der Waals surface area contributed by atoms with Crippen molar-refractivity contribution in [1.29, 1.82) is 0 Å². The first kappa shape index (κ1) is 22.8. The third kappa shape index (κ3) is 5.01. The van der Waals surface area contributed by atoms with E-state index in [0.717, 1.165) is 66.2 Å². The number of rotatable bonds is 8. The lowest BCUT2D eigenvalue weighted by Crippen LogP contribution is -2.48. The van der Waals surface area contributed by atoms with E-state index in [1.807, 2.05) is 36.5 Å². The molecule has 2 aromatic carbocycles. The Labute approximate surface area is 195 Å². The summed E-state index contributed by atoms with van der Waals surface area (Å²) < 4.78 is 11.0. The van der Waals surface area contributed by atoms with Crippen molar-refractivity contribution in [2.24, 2.45) is 11.1 Å². The van der Waals surface area contributed by atoms with Crippen LogP contribution < -0.4 is 15.2 Å². The number of piperidine rings is 1. The molecular formula is C27H31N3O3. The number of methoxy groups -OCH3 is 2. The minimum Gasteiger partial charge on any atom is -0.493 e. The Morgan fingerprint density at radius 2 is 1.79 bits per heavy atom. The Morgan fingerprint density at radius 1 is 1.03 bits per heavy atom. The fourth-order valence-corrected chi connectivity index (χ4v) is 4.75. The van der Waals surface area contributed by atoms with Gasteiger partial charge in [0.05, 0.1) is 19.6 Å². The van der Waals surface area contributed by atoms with E-state index in [-0.39, 0.29) is 5.91 Å². The Bertz CT molecular complexity index is 1090. The lowest BCUT2D eigenvalue weighted by Gasteiger charge is -2.40. The largest absolute Gasteiger partial charge is 0.493 e. The number of benzene rings is 2. The fraction of sp³-hybridized carbons (Fsp3) is 0.333. The van der Waals surface area contributed by atoms with Crippen LogP contribution in [-0.2, 0) is 17.8 Å². The first-order chi connectivity index (χ1) is 16.0. The van der Waals surface area contributed by atoms with Gasteiger partial charge in [0.25, 0.3) is 0 Å². The number of carbonyl (C=O) groups is 1. The summed E-state index contributed by atoms with van der Waals surface area (Å²) in [4.78, 5) is 19.2. The molecule has 6 nitrogen and oxygen atoms in total. The summed E-state index contributed by atoms with van der Waals surface area (Å²) in [6, 6.07) is 18.2. The van der Waals surface area contributed by atoms with Crippen molar-refractivity contribution in [2.45, 2.75) is 25.8 Å². The number of primary amides is 1. The number of pyridine rings is 1. The van der Waals surface area contributed by atoms with Gasteiger partial charge in [-0.25, -0.2) is 0 Å². The summed E-state index contributed by atoms with van der Waals surface area (Å²) in [6.07, 6.45) is 5.73. The first-order valence-electron chi connectivity index (χ1n) is 11.3. The van der Waals surface area contributed by atoms with Crippen molar-refractivity contribution in [1.82, 2.24) is 9.88 Å². The minimum atomic E-state index is -0.539.